The fourth-order valence-electron chi connectivity index (χ4n) is 2.92. The number of hydrogen-bond acceptors (Lipinski definition) is 3. The van der Waals surface area contributed by atoms with E-state index >= 15 is 0 Å². The summed E-state index contributed by atoms with van der Waals surface area (Å²) in [6.07, 6.45) is 3.94. The van der Waals surface area contributed by atoms with Crippen LogP contribution in [0, 0.1) is 5.92 Å². The van der Waals surface area contributed by atoms with Crippen LogP contribution >= 0.6 is 0 Å². The molecule has 1 aromatic rings. The topological polar surface area (TPSA) is 66.5 Å². The molecule has 1 aliphatic carbocycles. The maximum absolute atomic E-state index is 12.3. The summed E-state index contributed by atoms with van der Waals surface area (Å²) in [5.74, 6) is 0.421. The van der Waals surface area contributed by atoms with Crippen molar-refractivity contribution < 1.29 is 13.2 Å². The van der Waals surface area contributed by atoms with Gasteiger partial charge in [0.05, 0.1) is 4.90 Å². The van der Waals surface area contributed by atoms with Crippen LogP contribution < -0.4 is 4.72 Å². The van der Waals surface area contributed by atoms with Crippen molar-refractivity contribution in [3.63, 3.8) is 0 Å². The van der Waals surface area contributed by atoms with Crippen molar-refractivity contribution in [3.05, 3.63) is 29.3 Å². The average Bonchev–Trinajstić information content (AvgIpc) is 2.44. The predicted molar refractivity (Wildman–Crippen MR) is 79.1 cm³/mol. The van der Waals surface area contributed by atoms with Crippen molar-refractivity contribution in [1.82, 2.24) is 9.62 Å². The molecule has 3 rings (SSSR count). The molecule has 2 aliphatic rings. The van der Waals surface area contributed by atoms with Crippen molar-refractivity contribution in [2.45, 2.75) is 37.1 Å². The van der Waals surface area contributed by atoms with Crippen molar-refractivity contribution >= 4 is 15.9 Å². The lowest BCUT2D eigenvalue weighted by Crippen LogP contribution is -2.41. The molecular formula is C15H20N2O3S. The lowest BCUT2D eigenvalue weighted by atomic mass is 9.84. The second-order valence-electron chi connectivity index (χ2n) is 5.78. The van der Waals surface area contributed by atoms with E-state index in [1.54, 1.807) is 12.1 Å². The first-order chi connectivity index (χ1) is 10.0. The molecule has 1 fully saturated rings. The normalized spacial score (nSPS) is 19.0. The SMILES string of the molecule is CNS(=O)(=O)c1ccc2c(c1)CN(C(=O)C1CCC1)CC2. The van der Waals surface area contributed by atoms with E-state index < -0.39 is 10.0 Å². The van der Waals surface area contributed by atoms with Gasteiger partial charge in [-0.2, -0.15) is 0 Å². The van der Waals surface area contributed by atoms with Gasteiger partial charge in [-0.05, 0) is 49.6 Å². The summed E-state index contributed by atoms with van der Waals surface area (Å²) < 4.78 is 26.1. The Morgan fingerprint density at radius 2 is 2.05 bits per heavy atom. The van der Waals surface area contributed by atoms with Gasteiger partial charge in [-0.15, -0.1) is 0 Å². The lowest BCUT2D eigenvalue weighted by Gasteiger charge is -2.35. The van der Waals surface area contributed by atoms with E-state index in [4.69, 9.17) is 0 Å². The molecule has 0 bridgehead atoms. The molecule has 1 N–H and O–H groups in total. The molecule has 0 aromatic heterocycles. The first kappa shape index (κ1) is 14.5. The first-order valence-electron chi connectivity index (χ1n) is 7.35. The Kier molecular flexibility index (Phi) is 3.75. The second-order valence-corrected chi connectivity index (χ2v) is 7.66. The number of amides is 1. The largest absolute Gasteiger partial charge is 0.338 e. The van der Waals surface area contributed by atoms with E-state index in [1.807, 2.05) is 11.0 Å². The number of nitrogens with one attached hydrogen (secondary N) is 1. The van der Waals surface area contributed by atoms with E-state index in [2.05, 4.69) is 4.72 Å². The number of sulfonamides is 1. The monoisotopic (exact) mass is 308 g/mol. The summed E-state index contributed by atoms with van der Waals surface area (Å²) in [5.41, 5.74) is 2.09. The number of carbonyl (C=O) groups excluding carboxylic acids is 1. The maximum atomic E-state index is 12.3. The van der Waals surface area contributed by atoms with E-state index in [9.17, 15) is 13.2 Å². The highest BCUT2D eigenvalue weighted by Crippen LogP contribution is 2.30. The molecule has 114 valence electrons. The minimum Gasteiger partial charge on any atom is -0.338 e. The van der Waals surface area contributed by atoms with Gasteiger partial charge in [-0.1, -0.05) is 12.5 Å². The molecule has 1 amide bonds. The fourth-order valence-corrected chi connectivity index (χ4v) is 3.70. The van der Waals surface area contributed by atoms with Gasteiger partial charge >= 0.3 is 0 Å². The summed E-state index contributed by atoms with van der Waals surface area (Å²) >= 11 is 0. The summed E-state index contributed by atoms with van der Waals surface area (Å²) in [6.45, 7) is 1.26. The first-order valence-corrected chi connectivity index (χ1v) is 8.84. The molecule has 1 saturated carbocycles. The van der Waals surface area contributed by atoms with Gasteiger partial charge in [0.2, 0.25) is 15.9 Å². The fraction of sp³-hybridized carbons (Fsp3) is 0.533. The van der Waals surface area contributed by atoms with Crippen LogP contribution in [-0.4, -0.2) is 32.8 Å². The average molecular weight is 308 g/mol. The van der Waals surface area contributed by atoms with Gasteiger partial charge in [0, 0.05) is 19.0 Å². The number of benzene rings is 1. The van der Waals surface area contributed by atoms with Gasteiger partial charge in [0.1, 0.15) is 0 Å². The highest BCUT2D eigenvalue weighted by Gasteiger charge is 2.31. The Hall–Kier alpha value is -1.40. The van der Waals surface area contributed by atoms with Crippen LogP contribution in [0.5, 0.6) is 0 Å². The zero-order chi connectivity index (χ0) is 15.0. The Morgan fingerprint density at radius 3 is 2.67 bits per heavy atom. The molecule has 0 atom stereocenters. The number of hydrogen-bond donors (Lipinski definition) is 1. The van der Waals surface area contributed by atoms with Crippen molar-refractivity contribution in [3.8, 4) is 0 Å². The van der Waals surface area contributed by atoms with Crippen LogP contribution in [0.4, 0.5) is 0 Å². The van der Waals surface area contributed by atoms with Crippen molar-refractivity contribution in [1.29, 1.82) is 0 Å². The third-order valence-electron chi connectivity index (χ3n) is 4.54. The molecule has 0 radical (unpaired) electrons. The van der Waals surface area contributed by atoms with Crippen LogP contribution in [0.25, 0.3) is 0 Å². The lowest BCUT2D eigenvalue weighted by molar-refractivity contribution is -0.139. The molecule has 1 aromatic carbocycles. The molecule has 0 saturated heterocycles. The number of fused-ring (bicyclic) bond motifs is 1. The summed E-state index contributed by atoms with van der Waals surface area (Å²) in [6, 6.07) is 5.19. The summed E-state index contributed by atoms with van der Waals surface area (Å²) in [7, 11) is -2.03. The van der Waals surface area contributed by atoms with Gasteiger partial charge < -0.3 is 4.90 Å². The maximum Gasteiger partial charge on any atom is 0.240 e. The smallest absolute Gasteiger partial charge is 0.240 e. The zero-order valence-corrected chi connectivity index (χ0v) is 12.9. The Bertz CT molecular complexity index is 665. The van der Waals surface area contributed by atoms with Gasteiger partial charge in [-0.3, -0.25) is 4.79 Å². The highest BCUT2D eigenvalue weighted by atomic mass is 32.2. The standard InChI is InChI=1S/C15H20N2O3S/c1-16-21(19,20)14-6-5-11-7-8-17(10-13(11)9-14)15(18)12-3-2-4-12/h5-6,9,12,16H,2-4,7-8,10H2,1H3. The van der Waals surface area contributed by atoms with Crippen LogP contribution in [0.3, 0.4) is 0 Å². The molecule has 0 spiro atoms. The molecule has 21 heavy (non-hydrogen) atoms. The minimum atomic E-state index is -3.43. The molecule has 1 aliphatic heterocycles. The van der Waals surface area contributed by atoms with Crippen LogP contribution in [0.15, 0.2) is 23.1 Å². The number of nitrogens with zero attached hydrogens (tertiary/aromatic N) is 1. The molecule has 1 heterocycles. The Balaban J connectivity index is 1.84. The van der Waals surface area contributed by atoms with Crippen LogP contribution in [-0.2, 0) is 27.8 Å². The van der Waals surface area contributed by atoms with E-state index in [1.165, 1.54) is 7.05 Å². The predicted octanol–water partition coefficient (Wildman–Crippen LogP) is 1.28. The van der Waals surface area contributed by atoms with E-state index in [0.29, 0.717) is 6.54 Å². The molecular weight excluding hydrogens is 288 g/mol. The van der Waals surface area contributed by atoms with Gasteiger partial charge in [-0.25, -0.2) is 13.1 Å². The Morgan fingerprint density at radius 1 is 1.29 bits per heavy atom. The molecule has 6 heteroatoms. The van der Waals surface area contributed by atoms with Gasteiger partial charge in [0.25, 0.3) is 0 Å². The van der Waals surface area contributed by atoms with Crippen LogP contribution in [0.2, 0.25) is 0 Å². The van der Waals surface area contributed by atoms with Crippen LogP contribution in [0.1, 0.15) is 30.4 Å². The third kappa shape index (κ3) is 2.70. The molecule has 0 unspecified atom stereocenters. The highest BCUT2D eigenvalue weighted by molar-refractivity contribution is 7.89. The number of rotatable bonds is 3. The van der Waals surface area contributed by atoms with E-state index in [-0.39, 0.29) is 16.7 Å². The minimum absolute atomic E-state index is 0.191. The molecule has 5 nitrogen and oxygen atoms in total. The Labute approximate surface area is 125 Å². The quantitative estimate of drug-likeness (QED) is 0.915. The summed E-state index contributed by atoms with van der Waals surface area (Å²) in [4.78, 5) is 14.5. The number of carbonyl (C=O) groups is 1. The van der Waals surface area contributed by atoms with E-state index in [0.717, 1.165) is 43.4 Å². The van der Waals surface area contributed by atoms with Gasteiger partial charge in [0.15, 0.2) is 0 Å². The van der Waals surface area contributed by atoms with Crippen molar-refractivity contribution in [2.75, 3.05) is 13.6 Å². The second kappa shape index (κ2) is 5.42. The zero-order valence-electron chi connectivity index (χ0n) is 12.1. The van der Waals surface area contributed by atoms with Crippen molar-refractivity contribution in [2.24, 2.45) is 5.92 Å². The third-order valence-corrected chi connectivity index (χ3v) is 5.95. The summed E-state index contributed by atoms with van der Waals surface area (Å²) in [5, 5.41) is 0.